The smallest absolute Gasteiger partial charge is 0.254 e. The molecule has 0 radical (unpaired) electrons. The zero-order valence-corrected chi connectivity index (χ0v) is 17.8. The van der Waals surface area contributed by atoms with Gasteiger partial charge in [0.25, 0.3) is 5.91 Å². The Morgan fingerprint density at radius 2 is 1.88 bits per heavy atom. The van der Waals surface area contributed by atoms with Gasteiger partial charge in [0, 0.05) is 43.8 Å². The van der Waals surface area contributed by atoms with E-state index in [9.17, 15) is 13.2 Å². The number of sulfonamides is 1. The van der Waals surface area contributed by atoms with E-state index in [-0.39, 0.29) is 35.3 Å². The zero-order valence-electron chi connectivity index (χ0n) is 16.2. The summed E-state index contributed by atoms with van der Waals surface area (Å²) < 4.78 is 26.9. The summed E-state index contributed by atoms with van der Waals surface area (Å²) in [4.78, 5) is 15.1. The molecule has 6 nitrogen and oxygen atoms in total. The molecule has 1 aliphatic heterocycles. The highest BCUT2D eigenvalue weighted by molar-refractivity contribution is 7.89. The van der Waals surface area contributed by atoms with Gasteiger partial charge in [0.05, 0.1) is 4.90 Å². The lowest BCUT2D eigenvalue weighted by molar-refractivity contribution is 0.0602. The Kier molecular flexibility index (Phi) is 8.07. The van der Waals surface area contributed by atoms with Crippen molar-refractivity contribution in [1.82, 2.24) is 14.5 Å². The molecule has 8 heteroatoms. The van der Waals surface area contributed by atoms with Crippen LogP contribution in [0.15, 0.2) is 23.1 Å². The Labute approximate surface area is 163 Å². The number of hydrogen-bond donors (Lipinski definition) is 1. The van der Waals surface area contributed by atoms with E-state index in [1.165, 1.54) is 10.4 Å². The van der Waals surface area contributed by atoms with Gasteiger partial charge in [-0.2, -0.15) is 4.31 Å². The molecule has 0 aliphatic carbocycles. The van der Waals surface area contributed by atoms with Gasteiger partial charge in [0.2, 0.25) is 10.0 Å². The molecule has 26 heavy (non-hydrogen) atoms. The average Bonchev–Trinajstić information content (AvgIpc) is 2.58. The maximum Gasteiger partial charge on any atom is 0.254 e. The fourth-order valence-corrected chi connectivity index (χ4v) is 4.69. The van der Waals surface area contributed by atoms with Crippen LogP contribution in [0.2, 0.25) is 0 Å². The third-order valence-corrected chi connectivity index (χ3v) is 7.12. The zero-order chi connectivity index (χ0) is 18.8. The van der Waals surface area contributed by atoms with Crippen molar-refractivity contribution in [2.24, 2.45) is 0 Å². The first-order valence-corrected chi connectivity index (χ1v) is 10.3. The number of nitrogens with one attached hydrogen (secondary N) is 1. The summed E-state index contributed by atoms with van der Waals surface area (Å²) in [5, 5.41) is 3.35. The fraction of sp³-hybridized carbons (Fsp3) is 0.611. The number of rotatable bonds is 5. The predicted octanol–water partition coefficient (Wildman–Crippen LogP) is 2.27. The van der Waals surface area contributed by atoms with Crippen LogP contribution >= 0.6 is 12.4 Å². The number of carbonyl (C=O) groups is 1. The first kappa shape index (κ1) is 22.9. The molecule has 0 aromatic heterocycles. The number of amides is 1. The van der Waals surface area contributed by atoms with Crippen LogP contribution in [0.25, 0.3) is 0 Å². The number of piperazine rings is 1. The molecule has 1 aromatic rings. The Hall–Kier alpha value is -1.15. The van der Waals surface area contributed by atoms with Crippen LogP contribution in [0, 0.1) is 6.92 Å². The number of carbonyl (C=O) groups excluding carboxylic acids is 1. The van der Waals surface area contributed by atoms with Crippen molar-refractivity contribution in [3.05, 3.63) is 29.3 Å². The first-order valence-electron chi connectivity index (χ1n) is 8.89. The van der Waals surface area contributed by atoms with Crippen molar-refractivity contribution in [2.75, 3.05) is 26.2 Å². The van der Waals surface area contributed by atoms with Crippen molar-refractivity contribution < 1.29 is 13.2 Å². The summed E-state index contributed by atoms with van der Waals surface area (Å²) in [5.41, 5.74) is 1.26. The average molecular weight is 404 g/mol. The predicted molar refractivity (Wildman–Crippen MR) is 106 cm³/mol. The van der Waals surface area contributed by atoms with Gasteiger partial charge in [0.1, 0.15) is 0 Å². The maximum absolute atomic E-state index is 13.1. The van der Waals surface area contributed by atoms with Crippen molar-refractivity contribution in [2.45, 2.75) is 51.6 Å². The summed E-state index contributed by atoms with van der Waals surface area (Å²) >= 11 is 0. The summed E-state index contributed by atoms with van der Waals surface area (Å²) in [7, 11) is -3.58. The van der Waals surface area contributed by atoms with E-state index in [4.69, 9.17) is 0 Å². The van der Waals surface area contributed by atoms with E-state index in [2.05, 4.69) is 12.2 Å². The maximum atomic E-state index is 13.1. The minimum atomic E-state index is -3.58. The fourth-order valence-electron chi connectivity index (χ4n) is 3.20. The van der Waals surface area contributed by atoms with E-state index in [1.54, 1.807) is 12.1 Å². The topological polar surface area (TPSA) is 69.7 Å². The van der Waals surface area contributed by atoms with Crippen molar-refractivity contribution in [1.29, 1.82) is 0 Å². The summed E-state index contributed by atoms with van der Waals surface area (Å²) in [5.74, 6) is -0.102. The molecule has 0 saturated carbocycles. The van der Waals surface area contributed by atoms with Gasteiger partial charge >= 0.3 is 0 Å². The molecule has 1 saturated heterocycles. The van der Waals surface area contributed by atoms with Crippen LogP contribution in [-0.4, -0.2) is 61.8 Å². The SMILES string of the molecule is CCN(CC)S(=O)(=O)c1ccc(C)c(C(=O)N2CCNC(C)C2C)c1.Cl. The van der Waals surface area contributed by atoms with Gasteiger partial charge in [0.15, 0.2) is 0 Å². The molecule has 1 aromatic carbocycles. The normalized spacial score (nSPS) is 20.8. The van der Waals surface area contributed by atoms with E-state index in [0.29, 0.717) is 25.2 Å². The van der Waals surface area contributed by atoms with Crippen LogP contribution in [0.4, 0.5) is 0 Å². The number of benzene rings is 1. The van der Waals surface area contributed by atoms with Gasteiger partial charge in [-0.25, -0.2) is 8.42 Å². The van der Waals surface area contributed by atoms with Crippen LogP contribution < -0.4 is 5.32 Å². The van der Waals surface area contributed by atoms with Gasteiger partial charge in [-0.1, -0.05) is 19.9 Å². The molecule has 2 unspecified atom stereocenters. The van der Waals surface area contributed by atoms with Crippen LogP contribution in [0.5, 0.6) is 0 Å². The lowest BCUT2D eigenvalue weighted by Crippen LogP contribution is -2.57. The molecule has 0 bridgehead atoms. The molecule has 2 atom stereocenters. The standard InChI is InChI=1S/C18H29N3O3S.ClH/c1-6-20(7-2)25(23,24)16-9-8-13(3)17(12-16)18(22)21-11-10-19-14(4)15(21)5;/h8-9,12,14-15,19H,6-7,10-11H2,1-5H3;1H. The van der Waals surface area contributed by atoms with Crippen LogP contribution in [0.3, 0.4) is 0 Å². The largest absolute Gasteiger partial charge is 0.333 e. The van der Waals surface area contributed by atoms with Crippen LogP contribution in [0.1, 0.15) is 43.6 Å². The lowest BCUT2D eigenvalue weighted by Gasteiger charge is -2.39. The summed E-state index contributed by atoms with van der Waals surface area (Å²) in [6.45, 7) is 11.7. The number of halogens is 1. The minimum Gasteiger partial charge on any atom is -0.333 e. The second-order valence-corrected chi connectivity index (χ2v) is 8.49. The highest BCUT2D eigenvalue weighted by Crippen LogP contribution is 2.22. The molecule has 1 aliphatic rings. The number of hydrogen-bond acceptors (Lipinski definition) is 4. The second kappa shape index (κ2) is 9.17. The monoisotopic (exact) mass is 403 g/mol. The van der Waals surface area contributed by atoms with Gasteiger partial charge in [-0.15, -0.1) is 12.4 Å². The molecular formula is C18H30ClN3O3S. The number of nitrogens with zero attached hydrogens (tertiary/aromatic N) is 2. The Bertz CT molecular complexity index is 735. The third kappa shape index (κ3) is 4.39. The van der Waals surface area contributed by atoms with E-state index >= 15 is 0 Å². The van der Waals surface area contributed by atoms with Gasteiger partial charge < -0.3 is 10.2 Å². The van der Waals surface area contributed by atoms with Crippen molar-refractivity contribution in [3.8, 4) is 0 Å². The van der Waals surface area contributed by atoms with E-state index < -0.39 is 10.0 Å². The Balaban J connectivity index is 0.00000338. The summed E-state index contributed by atoms with van der Waals surface area (Å²) in [6.07, 6.45) is 0. The lowest BCUT2D eigenvalue weighted by atomic mass is 10.0. The van der Waals surface area contributed by atoms with Gasteiger partial charge in [-0.3, -0.25) is 4.79 Å². The minimum absolute atomic E-state index is 0. The van der Waals surface area contributed by atoms with Gasteiger partial charge in [-0.05, 0) is 38.5 Å². The highest BCUT2D eigenvalue weighted by atomic mass is 35.5. The number of aryl methyl sites for hydroxylation is 1. The molecule has 148 valence electrons. The van der Waals surface area contributed by atoms with Crippen molar-refractivity contribution in [3.63, 3.8) is 0 Å². The van der Waals surface area contributed by atoms with E-state index in [0.717, 1.165) is 12.1 Å². The summed E-state index contributed by atoms with van der Waals surface area (Å²) in [6, 6.07) is 5.11. The molecular weight excluding hydrogens is 374 g/mol. The van der Waals surface area contributed by atoms with Crippen LogP contribution in [-0.2, 0) is 10.0 Å². The second-order valence-electron chi connectivity index (χ2n) is 6.55. The Morgan fingerprint density at radius 3 is 2.46 bits per heavy atom. The molecule has 1 amide bonds. The molecule has 1 N–H and O–H groups in total. The first-order chi connectivity index (χ1) is 11.7. The molecule has 2 rings (SSSR count). The molecule has 1 fully saturated rings. The van der Waals surface area contributed by atoms with Crippen molar-refractivity contribution >= 4 is 28.3 Å². The molecule has 1 heterocycles. The Morgan fingerprint density at radius 1 is 1.27 bits per heavy atom. The molecule has 0 spiro atoms. The quantitative estimate of drug-likeness (QED) is 0.818. The van der Waals surface area contributed by atoms with E-state index in [1.807, 2.05) is 32.6 Å². The highest BCUT2D eigenvalue weighted by Gasteiger charge is 2.30. The third-order valence-electron chi connectivity index (χ3n) is 5.08.